The fourth-order valence-corrected chi connectivity index (χ4v) is 2.13. The number of imide groups is 1. The van der Waals surface area contributed by atoms with Crippen LogP contribution in [0.3, 0.4) is 0 Å². The normalized spacial score (nSPS) is 10.0. The third-order valence-electron chi connectivity index (χ3n) is 3.08. The molecule has 0 saturated heterocycles. The standard InChI is InChI=1S/C16H16N2O2S/c1-11-6-2-3-7-12(11)10-17-16(20)18-15(19)13-8-4-5-9-14(13)21/h2-9,21H,10H2,1H3,(H2,17,18,19,20). The van der Waals surface area contributed by atoms with Crippen LogP contribution in [0, 0.1) is 6.92 Å². The van der Waals surface area contributed by atoms with Gasteiger partial charge in [0.2, 0.25) is 0 Å². The van der Waals surface area contributed by atoms with Crippen LogP contribution in [0.5, 0.6) is 0 Å². The van der Waals surface area contributed by atoms with Gasteiger partial charge in [-0.3, -0.25) is 10.1 Å². The number of carbonyl (C=O) groups is 2. The molecule has 5 heteroatoms. The number of hydrogen-bond donors (Lipinski definition) is 3. The van der Waals surface area contributed by atoms with Crippen molar-refractivity contribution in [2.75, 3.05) is 0 Å². The minimum Gasteiger partial charge on any atom is -0.334 e. The lowest BCUT2D eigenvalue weighted by Gasteiger charge is -2.09. The van der Waals surface area contributed by atoms with Gasteiger partial charge >= 0.3 is 6.03 Å². The number of carbonyl (C=O) groups excluding carboxylic acids is 2. The van der Waals surface area contributed by atoms with Gasteiger partial charge < -0.3 is 5.32 Å². The molecule has 4 nitrogen and oxygen atoms in total. The van der Waals surface area contributed by atoms with Crippen LogP contribution in [0.2, 0.25) is 0 Å². The molecule has 0 saturated carbocycles. The van der Waals surface area contributed by atoms with Gasteiger partial charge in [0.15, 0.2) is 0 Å². The Balaban J connectivity index is 1.92. The molecule has 21 heavy (non-hydrogen) atoms. The molecule has 0 unspecified atom stereocenters. The molecule has 0 aliphatic rings. The van der Waals surface area contributed by atoms with Crippen molar-refractivity contribution < 1.29 is 9.59 Å². The van der Waals surface area contributed by atoms with Crippen LogP contribution in [0.4, 0.5) is 4.79 Å². The molecule has 2 N–H and O–H groups in total. The Kier molecular flexibility index (Phi) is 5.00. The Morgan fingerprint density at radius 1 is 1.05 bits per heavy atom. The summed E-state index contributed by atoms with van der Waals surface area (Å²) >= 11 is 4.19. The van der Waals surface area contributed by atoms with E-state index in [1.807, 2.05) is 31.2 Å². The first-order valence-electron chi connectivity index (χ1n) is 6.49. The van der Waals surface area contributed by atoms with E-state index in [9.17, 15) is 9.59 Å². The summed E-state index contributed by atoms with van der Waals surface area (Å²) in [6, 6.07) is 14.0. The molecule has 108 valence electrons. The van der Waals surface area contributed by atoms with Crippen LogP contribution in [0.25, 0.3) is 0 Å². The van der Waals surface area contributed by atoms with E-state index in [-0.39, 0.29) is 0 Å². The molecule has 0 aromatic heterocycles. The highest BCUT2D eigenvalue weighted by Gasteiger charge is 2.12. The first-order chi connectivity index (χ1) is 10.1. The summed E-state index contributed by atoms with van der Waals surface area (Å²) in [5, 5.41) is 4.95. The molecule has 0 heterocycles. The first-order valence-corrected chi connectivity index (χ1v) is 6.94. The summed E-state index contributed by atoms with van der Waals surface area (Å²) in [6.07, 6.45) is 0. The van der Waals surface area contributed by atoms with Gasteiger partial charge in [-0.2, -0.15) is 0 Å². The Morgan fingerprint density at radius 3 is 2.43 bits per heavy atom. The van der Waals surface area contributed by atoms with Crippen molar-refractivity contribution in [1.29, 1.82) is 0 Å². The van der Waals surface area contributed by atoms with E-state index in [0.717, 1.165) is 11.1 Å². The molecular weight excluding hydrogens is 284 g/mol. The van der Waals surface area contributed by atoms with Crippen molar-refractivity contribution in [1.82, 2.24) is 10.6 Å². The number of thiol groups is 1. The largest absolute Gasteiger partial charge is 0.334 e. The SMILES string of the molecule is Cc1ccccc1CNC(=O)NC(=O)c1ccccc1S. The van der Waals surface area contributed by atoms with Gasteiger partial charge in [0.1, 0.15) is 0 Å². The van der Waals surface area contributed by atoms with Crippen molar-refractivity contribution in [3.8, 4) is 0 Å². The van der Waals surface area contributed by atoms with E-state index in [2.05, 4.69) is 23.3 Å². The number of hydrogen-bond acceptors (Lipinski definition) is 3. The van der Waals surface area contributed by atoms with Gasteiger partial charge in [-0.1, -0.05) is 36.4 Å². The number of benzene rings is 2. The third kappa shape index (κ3) is 4.10. The van der Waals surface area contributed by atoms with Crippen molar-refractivity contribution in [2.24, 2.45) is 0 Å². The van der Waals surface area contributed by atoms with Gasteiger partial charge in [0.05, 0.1) is 5.56 Å². The Bertz CT molecular complexity index is 671. The van der Waals surface area contributed by atoms with Crippen molar-refractivity contribution in [3.63, 3.8) is 0 Å². The highest BCUT2D eigenvalue weighted by atomic mass is 32.1. The third-order valence-corrected chi connectivity index (χ3v) is 3.47. The van der Waals surface area contributed by atoms with E-state index in [0.29, 0.717) is 17.0 Å². The topological polar surface area (TPSA) is 58.2 Å². The molecule has 3 amide bonds. The van der Waals surface area contributed by atoms with E-state index >= 15 is 0 Å². The van der Waals surface area contributed by atoms with Gasteiger partial charge in [-0.05, 0) is 30.2 Å². The zero-order valence-corrected chi connectivity index (χ0v) is 12.5. The summed E-state index contributed by atoms with van der Waals surface area (Å²) in [4.78, 5) is 24.2. The highest BCUT2D eigenvalue weighted by molar-refractivity contribution is 7.80. The van der Waals surface area contributed by atoms with Crippen LogP contribution >= 0.6 is 12.6 Å². The fraction of sp³-hybridized carbons (Fsp3) is 0.125. The van der Waals surface area contributed by atoms with Crippen LogP contribution in [0.15, 0.2) is 53.4 Å². The molecule has 0 radical (unpaired) electrons. The first kappa shape index (κ1) is 15.1. The second kappa shape index (κ2) is 6.95. The molecule has 2 aromatic rings. The van der Waals surface area contributed by atoms with E-state index in [1.165, 1.54) is 0 Å². The van der Waals surface area contributed by atoms with E-state index in [1.54, 1.807) is 24.3 Å². The molecule has 2 aromatic carbocycles. The maximum absolute atomic E-state index is 11.9. The molecule has 0 aliphatic heterocycles. The van der Waals surface area contributed by atoms with Crippen molar-refractivity contribution in [3.05, 3.63) is 65.2 Å². The van der Waals surface area contributed by atoms with Gasteiger partial charge in [0, 0.05) is 11.4 Å². The Hall–Kier alpha value is -2.27. The average molecular weight is 300 g/mol. The lowest BCUT2D eigenvalue weighted by atomic mass is 10.1. The molecule has 0 bridgehead atoms. The molecular formula is C16H16N2O2S. The quantitative estimate of drug-likeness (QED) is 0.763. The minimum absolute atomic E-state index is 0.367. The lowest BCUT2D eigenvalue weighted by Crippen LogP contribution is -2.39. The van der Waals surface area contributed by atoms with Crippen molar-refractivity contribution >= 4 is 24.6 Å². The number of urea groups is 1. The van der Waals surface area contributed by atoms with Gasteiger partial charge in [-0.15, -0.1) is 12.6 Å². The predicted molar refractivity (Wildman–Crippen MR) is 84.6 cm³/mol. The fourth-order valence-electron chi connectivity index (χ4n) is 1.86. The maximum Gasteiger partial charge on any atom is 0.321 e. The molecule has 0 spiro atoms. The number of nitrogens with one attached hydrogen (secondary N) is 2. The van der Waals surface area contributed by atoms with Crippen LogP contribution in [-0.4, -0.2) is 11.9 Å². The number of aryl methyl sites for hydroxylation is 1. The summed E-state index contributed by atoms with van der Waals surface area (Å²) in [6.45, 7) is 2.34. The Labute approximate surface area is 129 Å². The lowest BCUT2D eigenvalue weighted by molar-refractivity contribution is 0.0961. The number of rotatable bonds is 3. The second-order valence-corrected chi connectivity index (χ2v) is 5.06. The molecule has 0 aliphatic carbocycles. The molecule has 2 rings (SSSR count). The predicted octanol–water partition coefficient (Wildman–Crippen LogP) is 2.92. The van der Waals surface area contributed by atoms with Gasteiger partial charge in [-0.25, -0.2) is 4.79 Å². The van der Waals surface area contributed by atoms with E-state index < -0.39 is 11.9 Å². The van der Waals surface area contributed by atoms with Crippen molar-refractivity contribution in [2.45, 2.75) is 18.4 Å². The zero-order valence-electron chi connectivity index (χ0n) is 11.6. The maximum atomic E-state index is 11.9. The van der Waals surface area contributed by atoms with Crippen LogP contribution in [-0.2, 0) is 6.54 Å². The smallest absolute Gasteiger partial charge is 0.321 e. The molecule has 0 fully saturated rings. The average Bonchev–Trinajstić information content (AvgIpc) is 2.46. The zero-order chi connectivity index (χ0) is 15.2. The van der Waals surface area contributed by atoms with Gasteiger partial charge in [0.25, 0.3) is 5.91 Å². The second-order valence-electron chi connectivity index (χ2n) is 4.58. The summed E-state index contributed by atoms with van der Waals surface area (Å²) in [5.74, 6) is -0.470. The van der Waals surface area contributed by atoms with Crippen LogP contribution < -0.4 is 10.6 Å². The van der Waals surface area contributed by atoms with Crippen LogP contribution in [0.1, 0.15) is 21.5 Å². The van der Waals surface area contributed by atoms with E-state index in [4.69, 9.17) is 0 Å². The summed E-state index contributed by atoms with van der Waals surface area (Å²) in [7, 11) is 0. The highest BCUT2D eigenvalue weighted by Crippen LogP contribution is 2.12. The molecule has 0 atom stereocenters. The monoisotopic (exact) mass is 300 g/mol. The number of amides is 3. The minimum atomic E-state index is -0.528. The summed E-state index contributed by atoms with van der Waals surface area (Å²) < 4.78 is 0. The Morgan fingerprint density at radius 2 is 1.71 bits per heavy atom. The summed E-state index contributed by atoms with van der Waals surface area (Å²) in [5.41, 5.74) is 2.46.